The van der Waals surface area contributed by atoms with Crippen molar-refractivity contribution in [2.45, 2.75) is 52.7 Å². The molecule has 1 aliphatic rings. The van der Waals surface area contributed by atoms with Gasteiger partial charge in [-0.2, -0.15) is 0 Å². The summed E-state index contributed by atoms with van der Waals surface area (Å²) < 4.78 is 6.11. The third-order valence-electron chi connectivity index (χ3n) is 5.59. The first-order valence-corrected chi connectivity index (χ1v) is 11.1. The molecule has 7 heteroatoms. The number of likely N-dealkylation sites (N-methyl/N-ethyl adjacent to an activating group) is 1. The van der Waals surface area contributed by atoms with Crippen LogP contribution in [-0.2, 0) is 6.54 Å². The number of halogens is 1. The maximum atomic E-state index is 6.11. The summed E-state index contributed by atoms with van der Waals surface area (Å²) in [7, 11) is 4.03. The fourth-order valence-electron chi connectivity index (χ4n) is 3.36. The van der Waals surface area contributed by atoms with E-state index in [0.29, 0.717) is 6.54 Å². The van der Waals surface area contributed by atoms with Crippen LogP contribution in [0.4, 0.5) is 0 Å². The van der Waals surface area contributed by atoms with Gasteiger partial charge < -0.3 is 25.2 Å². The molecule has 0 aliphatic carbocycles. The molecule has 0 radical (unpaired) electrons. The minimum Gasteiger partial charge on any atom is -0.490 e. The van der Waals surface area contributed by atoms with Gasteiger partial charge in [0, 0.05) is 51.9 Å². The molecule has 1 aromatic carbocycles. The minimum absolute atomic E-state index is 0. The second kappa shape index (κ2) is 14.9. The van der Waals surface area contributed by atoms with Crippen LogP contribution < -0.4 is 15.4 Å². The molecule has 172 valence electrons. The molecule has 0 aromatic heterocycles. The molecular weight excluding hydrogens is 489 g/mol. The number of benzene rings is 1. The zero-order valence-electron chi connectivity index (χ0n) is 19.5. The Kier molecular flexibility index (Phi) is 13.4. The summed E-state index contributed by atoms with van der Waals surface area (Å²) in [6.07, 6.45) is 3.59. The van der Waals surface area contributed by atoms with E-state index in [-0.39, 0.29) is 30.1 Å². The molecule has 0 spiro atoms. The molecule has 2 N–H and O–H groups in total. The number of aryl methyl sites for hydroxylation is 1. The Morgan fingerprint density at radius 2 is 1.90 bits per heavy atom. The van der Waals surface area contributed by atoms with Gasteiger partial charge in [0.1, 0.15) is 5.75 Å². The number of nitrogens with one attached hydrogen (secondary N) is 2. The van der Waals surface area contributed by atoms with Crippen molar-refractivity contribution in [3.63, 3.8) is 0 Å². The summed E-state index contributed by atoms with van der Waals surface area (Å²) in [5.41, 5.74) is 2.38. The molecule has 0 saturated carbocycles. The molecule has 1 fully saturated rings. The Balaban J connectivity index is 0.00000450. The Labute approximate surface area is 200 Å². The van der Waals surface area contributed by atoms with Crippen LogP contribution in [0.5, 0.6) is 5.75 Å². The lowest BCUT2D eigenvalue weighted by Gasteiger charge is -2.32. The highest BCUT2D eigenvalue weighted by Crippen LogP contribution is 2.22. The third-order valence-corrected chi connectivity index (χ3v) is 5.59. The van der Waals surface area contributed by atoms with Crippen LogP contribution in [-0.4, -0.2) is 75.2 Å². The van der Waals surface area contributed by atoms with Gasteiger partial charge >= 0.3 is 0 Å². The van der Waals surface area contributed by atoms with Gasteiger partial charge in [0.25, 0.3) is 0 Å². The van der Waals surface area contributed by atoms with Gasteiger partial charge in [-0.1, -0.05) is 19.1 Å². The van der Waals surface area contributed by atoms with E-state index >= 15 is 0 Å². The standard InChI is InChI=1S/C23H41N5O.HI/c1-6-20(3)29-22-17-19(2)9-10-21(22)18-26-23(24-4)25-11-7-8-12-28-15-13-27(5)14-16-28;/h9-10,17,20H,6-8,11-16,18H2,1-5H3,(H2,24,25,26);1H. The molecule has 0 amide bonds. The number of piperazine rings is 1. The van der Waals surface area contributed by atoms with Gasteiger partial charge in [-0.15, -0.1) is 24.0 Å². The normalized spacial score (nSPS) is 16.6. The summed E-state index contributed by atoms with van der Waals surface area (Å²) in [6, 6.07) is 6.40. The number of nitrogens with zero attached hydrogens (tertiary/aromatic N) is 3. The highest BCUT2D eigenvalue weighted by molar-refractivity contribution is 14.0. The number of guanidine groups is 1. The maximum Gasteiger partial charge on any atom is 0.191 e. The van der Waals surface area contributed by atoms with Crippen molar-refractivity contribution in [1.82, 2.24) is 20.4 Å². The van der Waals surface area contributed by atoms with E-state index in [9.17, 15) is 0 Å². The molecule has 2 rings (SSSR count). The monoisotopic (exact) mass is 531 g/mol. The van der Waals surface area contributed by atoms with Gasteiger partial charge in [-0.3, -0.25) is 4.99 Å². The van der Waals surface area contributed by atoms with Crippen LogP contribution in [0.15, 0.2) is 23.2 Å². The highest BCUT2D eigenvalue weighted by Gasteiger charge is 2.13. The lowest BCUT2D eigenvalue weighted by atomic mass is 10.1. The zero-order valence-corrected chi connectivity index (χ0v) is 21.9. The summed E-state index contributed by atoms with van der Waals surface area (Å²) in [5, 5.41) is 6.86. The van der Waals surface area contributed by atoms with Crippen molar-refractivity contribution in [2.75, 3.05) is 53.4 Å². The third kappa shape index (κ3) is 9.83. The largest absolute Gasteiger partial charge is 0.490 e. The number of unbranched alkanes of at least 4 members (excludes halogenated alkanes) is 1. The molecule has 6 nitrogen and oxygen atoms in total. The average Bonchev–Trinajstić information content (AvgIpc) is 2.72. The van der Waals surface area contributed by atoms with E-state index in [1.54, 1.807) is 0 Å². The van der Waals surface area contributed by atoms with E-state index in [0.717, 1.165) is 36.7 Å². The molecule has 1 aliphatic heterocycles. The van der Waals surface area contributed by atoms with E-state index in [2.05, 4.69) is 71.4 Å². The Morgan fingerprint density at radius 1 is 1.17 bits per heavy atom. The SMILES string of the molecule is CCC(C)Oc1cc(C)ccc1CNC(=NC)NCCCCN1CCN(C)CC1.I. The number of aliphatic imine (C=N–C) groups is 1. The van der Waals surface area contributed by atoms with Crippen LogP contribution in [0, 0.1) is 6.92 Å². The summed E-state index contributed by atoms with van der Waals surface area (Å²) in [5.74, 6) is 1.81. The number of ether oxygens (including phenoxy) is 1. The van der Waals surface area contributed by atoms with Crippen molar-refractivity contribution in [2.24, 2.45) is 4.99 Å². The first-order valence-electron chi connectivity index (χ1n) is 11.1. The fraction of sp³-hybridized carbons (Fsp3) is 0.696. The minimum atomic E-state index is 0. The topological polar surface area (TPSA) is 52.1 Å². The van der Waals surface area contributed by atoms with Gasteiger partial charge in [-0.25, -0.2) is 0 Å². The van der Waals surface area contributed by atoms with Crippen LogP contribution in [0.2, 0.25) is 0 Å². The predicted molar refractivity (Wildman–Crippen MR) is 138 cm³/mol. The van der Waals surface area contributed by atoms with E-state index in [1.807, 2.05) is 7.05 Å². The zero-order chi connectivity index (χ0) is 21.1. The molecule has 1 unspecified atom stereocenters. The number of hydrogen-bond donors (Lipinski definition) is 2. The fourth-order valence-corrected chi connectivity index (χ4v) is 3.36. The highest BCUT2D eigenvalue weighted by atomic mass is 127. The molecular formula is C23H42IN5O. The van der Waals surface area contributed by atoms with Crippen LogP contribution >= 0.6 is 24.0 Å². The molecule has 0 bridgehead atoms. The quantitative estimate of drug-likeness (QED) is 0.210. The lowest BCUT2D eigenvalue weighted by Crippen LogP contribution is -2.44. The summed E-state index contributed by atoms with van der Waals surface area (Å²) in [4.78, 5) is 9.34. The predicted octanol–water partition coefficient (Wildman–Crippen LogP) is 3.48. The average molecular weight is 532 g/mol. The van der Waals surface area contributed by atoms with Crippen molar-refractivity contribution < 1.29 is 4.74 Å². The van der Waals surface area contributed by atoms with Crippen LogP contribution in [0.1, 0.15) is 44.2 Å². The van der Waals surface area contributed by atoms with Gasteiger partial charge in [0.05, 0.1) is 6.10 Å². The van der Waals surface area contributed by atoms with Crippen LogP contribution in [0.3, 0.4) is 0 Å². The Hall–Kier alpha value is -1.06. The van der Waals surface area contributed by atoms with Crippen molar-refractivity contribution >= 4 is 29.9 Å². The Morgan fingerprint density at radius 3 is 2.57 bits per heavy atom. The molecule has 30 heavy (non-hydrogen) atoms. The van der Waals surface area contributed by atoms with Crippen LogP contribution in [0.25, 0.3) is 0 Å². The number of hydrogen-bond acceptors (Lipinski definition) is 4. The van der Waals surface area contributed by atoms with E-state index in [4.69, 9.17) is 4.74 Å². The second-order valence-electron chi connectivity index (χ2n) is 8.15. The maximum absolute atomic E-state index is 6.11. The van der Waals surface area contributed by atoms with Gasteiger partial charge in [0.15, 0.2) is 5.96 Å². The Bertz CT molecular complexity index is 632. The first-order chi connectivity index (χ1) is 14.0. The van der Waals surface area contributed by atoms with Gasteiger partial charge in [0.2, 0.25) is 0 Å². The van der Waals surface area contributed by atoms with E-state index < -0.39 is 0 Å². The molecule has 1 atom stereocenters. The summed E-state index contributed by atoms with van der Waals surface area (Å²) >= 11 is 0. The number of rotatable bonds is 10. The molecule has 1 heterocycles. The smallest absolute Gasteiger partial charge is 0.191 e. The van der Waals surface area contributed by atoms with E-state index in [1.165, 1.54) is 44.7 Å². The summed E-state index contributed by atoms with van der Waals surface area (Å²) in [6.45, 7) is 14.0. The van der Waals surface area contributed by atoms with Crippen molar-refractivity contribution in [3.05, 3.63) is 29.3 Å². The van der Waals surface area contributed by atoms with Crippen molar-refractivity contribution in [3.8, 4) is 5.75 Å². The van der Waals surface area contributed by atoms with Crippen molar-refractivity contribution in [1.29, 1.82) is 0 Å². The first kappa shape index (κ1) is 27.0. The second-order valence-corrected chi connectivity index (χ2v) is 8.15. The lowest BCUT2D eigenvalue weighted by molar-refractivity contribution is 0.152. The molecule has 1 saturated heterocycles. The molecule has 1 aromatic rings. The van der Waals surface area contributed by atoms with Gasteiger partial charge in [-0.05, 0) is 58.3 Å².